The molecule has 0 bridgehead atoms. The van der Waals surface area contributed by atoms with E-state index in [0.717, 1.165) is 0 Å². The van der Waals surface area contributed by atoms with Crippen LogP contribution in [0.1, 0.15) is 5.69 Å². The van der Waals surface area contributed by atoms with E-state index in [1.807, 2.05) is 0 Å². The summed E-state index contributed by atoms with van der Waals surface area (Å²) in [7, 11) is 0. The molecular formula is C6H10N14O9. The van der Waals surface area contributed by atoms with Gasteiger partial charge in [0.2, 0.25) is 5.69 Å². The molecule has 0 aromatic carbocycles. The molecule has 0 saturated carbocycles. The molecule has 1 atom stereocenters. The van der Waals surface area contributed by atoms with Crippen LogP contribution in [0.4, 0.5) is 16.3 Å². The molecule has 0 saturated heterocycles. The van der Waals surface area contributed by atoms with Gasteiger partial charge in [-0.3, -0.25) is 15.5 Å². The number of hydrogen-bond acceptors (Lipinski definition) is 13. The van der Waals surface area contributed by atoms with Gasteiger partial charge in [0.05, 0.1) is 14.7 Å². The number of nitrogens with one attached hydrogen (secondary N) is 4. The number of urea groups is 1. The highest BCUT2D eigenvalue weighted by Gasteiger charge is 2.68. The Kier molecular flexibility index (Phi) is 5.79. The highest BCUT2D eigenvalue weighted by atomic mass is 16.7. The van der Waals surface area contributed by atoms with Crippen molar-refractivity contribution in [3.63, 3.8) is 0 Å². The smallest absolute Gasteiger partial charge is 0.380 e. The molecular weight excluding hydrogens is 412 g/mol. The zero-order valence-corrected chi connectivity index (χ0v) is 13.5. The number of nitrogens with two attached hydrogens (primary N) is 3. The molecule has 0 aliphatic carbocycles. The summed E-state index contributed by atoms with van der Waals surface area (Å²) in [5, 5.41) is 51.9. The van der Waals surface area contributed by atoms with Crippen molar-refractivity contribution in [3.05, 3.63) is 46.2 Å². The third-order valence-electron chi connectivity index (χ3n) is 2.88. The van der Waals surface area contributed by atoms with Gasteiger partial charge < -0.3 is 37.4 Å². The highest BCUT2D eigenvalue weighted by Crippen LogP contribution is 2.42. The van der Waals surface area contributed by atoms with Gasteiger partial charge in [0, 0.05) is 0 Å². The summed E-state index contributed by atoms with van der Waals surface area (Å²) in [6, 6.07) is -0.833. The Morgan fingerprint density at radius 1 is 1.07 bits per heavy atom. The summed E-state index contributed by atoms with van der Waals surface area (Å²) in [6.45, 7) is 0. The monoisotopic (exact) mass is 422 g/mol. The number of fused-ring (bicyclic) bond motifs is 1. The molecule has 1 unspecified atom stereocenters. The van der Waals surface area contributed by atoms with Crippen molar-refractivity contribution in [2.45, 2.75) is 5.66 Å². The predicted octanol–water partition coefficient (Wildman–Crippen LogP) is -4.06. The van der Waals surface area contributed by atoms with E-state index in [9.17, 15) is 40.5 Å². The lowest BCUT2D eigenvalue weighted by Gasteiger charge is -2.19. The molecule has 158 valence electrons. The fourth-order valence-electron chi connectivity index (χ4n) is 2.04. The second-order valence-electron chi connectivity index (χ2n) is 4.63. The average Bonchev–Trinajstić information content (AvgIpc) is 3.04. The van der Waals surface area contributed by atoms with Crippen LogP contribution in [0.15, 0.2) is 0 Å². The van der Waals surface area contributed by atoms with Crippen molar-refractivity contribution in [1.82, 2.24) is 20.9 Å². The normalized spacial score (nSPS) is 16.6. The summed E-state index contributed by atoms with van der Waals surface area (Å²) in [6.07, 6.45) is 0. The van der Waals surface area contributed by atoms with E-state index in [0.29, 0.717) is 0 Å². The maximum Gasteiger partial charge on any atom is 0.446 e. The first-order chi connectivity index (χ1) is 13.2. The average molecular weight is 422 g/mol. The highest BCUT2D eigenvalue weighted by molar-refractivity contribution is 5.91. The van der Waals surface area contributed by atoms with Crippen LogP contribution in [0.5, 0.6) is 0 Å². The number of aromatic nitrogens is 2. The third kappa shape index (κ3) is 4.02. The molecule has 23 heteroatoms. The fourth-order valence-corrected chi connectivity index (χ4v) is 2.04. The standard InChI is InChI=1S/C5H6N12O8.CH4N2O/c6-4(7)5(15(20)21)2-1(12(9-5)10-16(22)23)3(14(18)19)8-13(2)11-17(24)25;2-1(3)4/h9-11H,(H3,6,7);(H4,2,3,4). The fraction of sp³-hybridized carbons (Fsp3) is 0.167. The van der Waals surface area contributed by atoms with E-state index in [2.05, 4.69) is 16.6 Å². The zero-order valence-electron chi connectivity index (χ0n) is 13.5. The van der Waals surface area contributed by atoms with Crippen LogP contribution in [0.2, 0.25) is 0 Å². The Bertz CT molecular complexity index is 888. The Morgan fingerprint density at radius 3 is 1.90 bits per heavy atom. The Labute approximate surface area is 155 Å². The van der Waals surface area contributed by atoms with Crippen LogP contribution in [-0.4, -0.2) is 41.7 Å². The van der Waals surface area contributed by atoms with Gasteiger partial charge in [-0.1, -0.05) is 0 Å². The molecule has 1 aliphatic heterocycles. The van der Waals surface area contributed by atoms with Crippen LogP contribution in [0, 0.1) is 45.9 Å². The van der Waals surface area contributed by atoms with Crippen LogP contribution >= 0.6 is 0 Å². The number of nitro groups is 4. The van der Waals surface area contributed by atoms with Crippen molar-refractivity contribution < 1.29 is 24.7 Å². The van der Waals surface area contributed by atoms with E-state index in [-0.39, 0.29) is 9.91 Å². The number of carbonyl (C=O) groups excluding carboxylic acids is 1. The first-order valence-electron chi connectivity index (χ1n) is 6.47. The zero-order chi connectivity index (χ0) is 22.7. The summed E-state index contributed by atoms with van der Waals surface area (Å²) >= 11 is 0. The van der Waals surface area contributed by atoms with Gasteiger partial charge in [-0.05, 0) is 16.0 Å². The largest absolute Gasteiger partial charge is 0.446 e. The number of hydrogen-bond donors (Lipinski definition) is 7. The van der Waals surface area contributed by atoms with Gasteiger partial charge in [-0.15, -0.1) is 10.5 Å². The van der Waals surface area contributed by atoms with Crippen LogP contribution in [-0.2, 0) is 5.66 Å². The Morgan fingerprint density at radius 2 is 1.55 bits per heavy atom. The van der Waals surface area contributed by atoms with E-state index in [4.69, 9.17) is 15.9 Å². The molecule has 1 aliphatic rings. The maximum atomic E-state index is 11.5. The van der Waals surface area contributed by atoms with Crippen LogP contribution in [0.3, 0.4) is 0 Å². The van der Waals surface area contributed by atoms with Gasteiger partial charge in [0.15, 0.2) is 16.0 Å². The third-order valence-corrected chi connectivity index (χ3v) is 2.88. The van der Waals surface area contributed by atoms with Crippen LogP contribution < -0.4 is 38.8 Å². The maximum absolute atomic E-state index is 11.5. The second-order valence-corrected chi connectivity index (χ2v) is 4.63. The molecule has 0 fully saturated rings. The van der Waals surface area contributed by atoms with E-state index in [1.165, 1.54) is 11.1 Å². The number of primary amides is 2. The predicted molar refractivity (Wildman–Crippen MR) is 85.3 cm³/mol. The minimum atomic E-state index is -3.01. The molecule has 2 heterocycles. The van der Waals surface area contributed by atoms with Gasteiger partial charge in [-0.2, -0.15) is 0 Å². The first-order valence-corrected chi connectivity index (χ1v) is 6.47. The van der Waals surface area contributed by atoms with Gasteiger partial charge in [0.25, 0.3) is 0 Å². The van der Waals surface area contributed by atoms with Gasteiger partial charge in [0.1, 0.15) is 0 Å². The van der Waals surface area contributed by atoms with Crippen molar-refractivity contribution in [3.8, 4) is 0 Å². The molecule has 0 radical (unpaired) electrons. The molecule has 23 nitrogen and oxygen atoms in total. The molecule has 29 heavy (non-hydrogen) atoms. The van der Waals surface area contributed by atoms with Crippen LogP contribution in [0.25, 0.3) is 0 Å². The molecule has 1 aromatic heterocycles. The lowest BCUT2D eigenvalue weighted by Crippen LogP contribution is -2.63. The molecule has 2 rings (SSSR count). The summed E-state index contributed by atoms with van der Waals surface area (Å²) in [4.78, 5) is 50.3. The van der Waals surface area contributed by atoms with Crippen molar-refractivity contribution >= 4 is 23.4 Å². The van der Waals surface area contributed by atoms with Crippen molar-refractivity contribution in [1.29, 1.82) is 5.41 Å². The number of carbonyl (C=O) groups is 1. The number of hydrazine groups is 4. The van der Waals surface area contributed by atoms with Gasteiger partial charge >= 0.3 is 23.2 Å². The second kappa shape index (κ2) is 7.65. The van der Waals surface area contributed by atoms with E-state index >= 15 is 0 Å². The quantitative estimate of drug-likeness (QED) is 0.0950. The lowest BCUT2D eigenvalue weighted by atomic mass is 10.1. The lowest BCUT2D eigenvalue weighted by molar-refractivity contribution is -0.574. The number of anilines is 1. The molecule has 1 aromatic rings. The first kappa shape index (κ1) is 22.0. The number of rotatable bonds is 7. The van der Waals surface area contributed by atoms with E-state index < -0.39 is 54.6 Å². The SMILES string of the molecule is N=C(N)C1([N+](=O)[O-])NN(N[N+](=O)[O-])c2c([N+](=O)[O-])nn(N[N+](=O)[O-])c21.NC(N)=O. The van der Waals surface area contributed by atoms with Crippen molar-refractivity contribution in [2.24, 2.45) is 17.2 Å². The summed E-state index contributed by atoms with van der Waals surface area (Å²) < 4.78 is 0. The number of nitrogens with zero attached hydrogens (tertiary/aromatic N) is 7. The summed E-state index contributed by atoms with van der Waals surface area (Å²) in [5.41, 5.74) is 13.2. The van der Waals surface area contributed by atoms with Crippen molar-refractivity contribution in [2.75, 3.05) is 10.7 Å². The number of amides is 2. The van der Waals surface area contributed by atoms with Gasteiger partial charge in [-0.25, -0.2) is 14.9 Å². The molecule has 10 N–H and O–H groups in total. The molecule has 0 spiro atoms. The van der Waals surface area contributed by atoms with E-state index in [1.54, 1.807) is 5.43 Å². The Hall–Kier alpha value is -5.09. The summed E-state index contributed by atoms with van der Waals surface area (Å²) in [5.74, 6) is -2.51. The number of amidine groups is 1. The minimum absolute atomic E-state index is 0.00624. The minimum Gasteiger partial charge on any atom is -0.380 e. The Balaban J connectivity index is 0.000000960. The molecule has 2 amide bonds. The topological polar surface area (TPSA) is 349 Å².